The number of nitrogens with one attached hydrogen (secondary N) is 2. The Bertz CT molecular complexity index is 834. The van der Waals surface area contributed by atoms with Gasteiger partial charge in [-0.1, -0.05) is 23.7 Å². The number of pyridine rings is 1. The Kier molecular flexibility index (Phi) is 4.86. The van der Waals surface area contributed by atoms with Crippen molar-refractivity contribution in [1.82, 2.24) is 25.5 Å². The first-order valence-electron chi connectivity index (χ1n) is 7.48. The van der Waals surface area contributed by atoms with Gasteiger partial charge in [-0.15, -0.1) is 0 Å². The van der Waals surface area contributed by atoms with E-state index in [0.29, 0.717) is 16.7 Å². The van der Waals surface area contributed by atoms with E-state index < -0.39 is 0 Å². The molecule has 2 N–H and O–H groups in total. The monoisotopic (exact) mass is 341 g/mol. The molecule has 24 heavy (non-hydrogen) atoms. The second kappa shape index (κ2) is 7.23. The van der Waals surface area contributed by atoms with Crippen molar-refractivity contribution < 1.29 is 4.79 Å². The Hall–Kier alpha value is -2.73. The molecule has 6 nitrogen and oxygen atoms in total. The van der Waals surface area contributed by atoms with Crippen LogP contribution in [0.4, 0.5) is 0 Å². The molecule has 7 heteroatoms. The number of halogens is 1. The molecular weight excluding hydrogens is 326 g/mol. The van der Waals surface area contributed by atoms with Gasteiger partial charge < -0.3 is 5.32 Å². The van der Waals surface area contributed by atoms with Crippen molar-refractivity contribution >= 4 is 17.5 Å². The molecule has 0 radical (unpaired) electrons. The van der Waals surface area contributed by atoms with Crippen molar-refractivity contribution in [3.8, 4) is 11.4 Å². The maximum atomic E-state index is 12.2. The lowest BCUT2D eigenvalue weighted by Crippen LogP contribution is -2.28. The maximum absolute atomic E-state index is 12.2. The number of aromatic amines is 1. The van der Waals surface area contributed by atoms with E-state index in [4.69, 9.17) is 11.6 Å². The van der Waals surface area contributed by atoms with Crippen LogP contribution in [0, 0.1) is 0 Å². The van der Waals surface area contributed by atoms with Crippen molar-refractivity contribution in [2.24, 2.45) is 0 Å². The standard InChI is InChI=1S/C17H16ClN5O/c1-11(20-15(24)10-12-3-2-4-14(18)9-12)16-21-17(23-22-16)13-5-7-19-8-6-13/h2-9,11H,10H2,1H3,(H,20,24)(H,21,22,23)/t11-/m0/s1. The molecule has 2 heterocycles. The van der Waals surface area contributed by atoms with Gasteiger partial charge in [-0.2, -0.15) is 5.10 Å². The van der Waals surface area contributed by atoms with Gasteiger partial charge in [0.1, 0.15) is 5.82 Å². The first-order valence-corrected chi connectivity index (χ1v) is 7.86. The summed E-state index contributed by atoms with van der Waals surface area (Å²) in [7, 11) is 0. The topological polar surface area (TPSA) is 83.6 Å². The average Bonchev–Trinajstić information content (AvgIpc) is 3.05. The number of rotatable bonds is 5. The molecule has 0 saturated carbocycles. The predicted molar refractivity (Wildman–Crippen MR) is 91.3 cm³/mol. The number of benzene rings is 1. The van der Waals surface area contributed by atoms with Gasteiger partial charge >= 0.3 is 0 Å². The first-order chi connectivity index (χ1) is 11.6. The quantitative estimate of drug-likeness (QED) is 0.747. The van der Waals surface area contributed by atoms with Gasteiger partial charge in [-0.05, 0) is 36.8 Å². The van der Waals surface area contributed by atoms with Crippen molar-refractivity contribution in [3.63, 3.8) is 0 Å². The first kappa shape index (κ1) is 16.1. The second-order valence-electron chi connectivity index (χ2n) is 5.38. The van der Waals surface area contributed by atoms with Crippen molar-refractivity contribution in [1.29, 1.82) is 0 Å². The lowest BCUT2D eigenvalue weighted by atomic mass is 10.1. The molecular formula is C17H16ClN5O. The van der Waals surface area contributed by atoms with Gasteiger partial charge in [-0.3, -0.25) is 14.9 Å². The van der Waals surface area contributed by atoms with Crippen molar-refractivity contribution in [2.45, 2.75) is 19.4 Å². The highest BCUT2D eigenvalue weighted by molar-refractivity contribution is 6.30. The summed E-state index contributed by atoms with van der Waals surface area (Å²) in [5.41, 5.74) is 1.73. The zero-order valence-corrected chi connectivity index (χ0v) is 13.8. The van der Waals surface area contributed by atoms with E-state index in [1.54, 1.807) is 24.5 Å². The summed E-state index contributed by atoms with van der Waals surface area (Å²) in [6.07, 6.45) is 3.62. The summed E-state index contributed by atoms with van der Waals surface area (Å²) in [6, 6.07) is 10.6. The number of hydrogen-bond donors (Lipinski definition) is 2. The molecule has 3 aromatic rings. The third-order valence-electron chi connectivity index (χ3n) is 3.48. The van der Waals surface area contributed by atoms with Crippen LogP contribution in [0.25, 0.3) is 11.4 Å². The van der Waals surface area contributed by atoms with Gasteiger partial charge in [-0.25, -0.2) is 4.98 Å². The average molecular weight is 342 g/mol. The van der Waals surface area contributed by atoms with E-state index >= 15 is 0 Å². The Morgan fingerprint density at radius 3 is 2.83 bits per heavy atom. The summed E-state index contributed by atoms with van der Waals surface area (Å²) in [5, 5.41) is 10.6. The Morgan fingerprint density at radius 2 is 2.08 bits per heavy atom. The number of H-pyrrole nitrogens is 1. The molecule has 0 aliphatic rings. The lowest BCUT2D eigenvalue weighted by Gasteiger charge is -2.11. The van der Waals surface area contributed by atoms with E-state index in [1.807, 2.05) is 31.2 Å². The molecule has 0 aliphatic carbocycles. The van der Waals surface area contributed by atoms with E-state index in [1.165, 1.54) is 0 Å². The van der Waals surface area contributed by atoms with E-state index in [0.717, 1.165) is 11.1 Å². The molecule has 1 aromatic carbocycles. The number of nitrogens with zero attached hydrogens (tertiary/aromatic N) is 3. The third-order valence-corrected chi connectivity index (χ3v) is 3.72. The molecule has 1 amide bonds. The fourth-order valence-electron chi connectivity index (χ4n) is 2.29. The van der Waals surface area contributed by atoms with Crippen LogP contribution in [-0.2, 0) is 11.2 Å². The summed E-state index contributed by atoms with van der Waals surface area (Å²) in [4.78, 5) is 20.6. The number of carbonyl (C=O) groups excluding carboxylic acids is 1. The fraction of sp³-hybridized carbons (Fsp3) is 0.176. The normalized spacial score (nSPS) is 11.9. The fourth-order valence-corrected chi connectivity index (χ4v) is 2.50. The van der Waals surface area contributed by atoms with Crippen LogP contribution in [-0.4, -0.2) is 26.1 Å². The SMILES string of the molecule is C[C@H](NC(=O)Cc1cccc(Cl)c1)c1nc(-c2ccncc2)n[nH]1. The van der Waals surface area contributed by atoms with Crippen LogP contribution in [0.1, 0.15) is 24.4 Å². The van der Waals surface area contributed by atoms with Gasteiger partial charge in [0.05, 0.1) is 12.5 Å². The van der Waals surface area contributed by atoms with Crippen molar-refractivity contribution in [2.75, 3.05) is 0 Å². The minimum absolute atomic E-state index is 0.105. The Balaban J connectivity index is 1.63. The van der Waals surface area contributed by atoms with Gasteiger partial charge in [0.2, 0.25) is 5.91 Å². The van der Waals surface area contributed by atoms with Crippen LogP contribution >= 0.6 is 11.6 Å². The zero-order chi connectivity index (χ0) is 16.9. The maximum Gasteiger partial charge on any atom is 0.224 e. The molecule has 0 unspecified atom stereocenters. The molecule has 2 aromatic heterocycles. The predicted octanol–water partition coefficient (Wildman–Crippen LogP) is 2.94. The Morgan fingerprint density at radius 1 is 1.29 bits per heavy atom. The van der Waals surface area contributed by atoms with Crippen LogP contribution < -0.4 is 5.32 Å². The van der Waals surface area contributed by atoms with Gasteiger partial charge in [0.25, 0.3) is 0 Å². The summed E-state index contributed by atoms with van der Waals surface area (Å²) in [6.45, 7) is 1.85. The van der Waals surface area contributed by atoms with Crippen LogP contribution in [0.3, 0.4) is 0 Å². The molecule has 1 atom stereocenters. The highest BCUT2D eigenvalue weighted by Gasteiger charge is 2.15. The number of hydrogen-bond acceptors (Lipinski definition) is 4. The molecule has 122 valence electrons. The van der Waals surface area contributed by atoms with Crippen molar-refractivity contribution in [3.05, 3.63) is 65.2 Å². The number of amides is 1. The smallest absolute Gasteiger partial charge is 0.224 e. The van der Waals surface area contributed by atoms with Crippen LogP contribution in [0.15, 0.2) is 48.8 Å². The van der Waals surface area contributed by atoms with Crippen LogP contribution in [0.2, 0.25) is 5.02 Å². The van der Waals surface area contributed by atoms with E-state index in [9.17, 15) is 4.79 Å². The van der Waals surface area contributed by atoms with E-state index in [-0.39, 0.29) is 18.4 Å². The highest BCUT2D eigenvalue weighted by atomic mass is 35.5. The lowest BCUT2D eigenvalue weighted by molar-refractivity contribution is -0.121. The highest BCUT2D eigenvalue weighted by Crippen LogP contribution is 2.16. The summed E-state index contributed by atoms with van der Waals surface area (Å²) >= 11 is 5.93. The summed E-state index contributed by atoms with van der Waals surface area (Å²) < 4.78 is 0. The molecule has 3 rings (SSSR count). The van der Waals surface area contributed by atoms with Crippen LogP contribution in [0.5, 0.6) is 0 Å². The number of aromatic nitrogens is 4. The van der Waals surface area contributed by atoms with E-state index in [2.05, 4.69) is 25.5 Å². The summed E-state index contributed by atoms with van der Waals surface area (Å²) in [5.74, 6) is 1.07. The Labute approximate surface area is 144 Å². The molecule has 0 bridgehead atoms. The second-order valence-corrected chi connectivity index (χ2v) is 5.81. The minimum Gasteiger partial charge on any atom is -0.346 e. The van der Waals surface area contributed by atoms with Gasteiger partial charge in [0.15, 0.2) is 5.82 Å². The molecule has 0 spiro atoms. The largest absolute Gasteiger partial charge is 0.346 e. The minimum atomic E-state index is -0.278. The molecule has 0 fully saturated rings. The zero-order valence-electron chi connectivity index (χ0n) is 13.0. The molecule has 0 saturated heterocycles. The van der Waals surface area contributed by atoms with Gasteiger partial charge in [0, 0.05) is 23.0 Å². The number of carbonyl (C=O) groups is 1. The third kappa shape index (κ3) is 3.97. The molecule has 0 aliphatic heterocycles.